The summed E-state index contributed by atoms with van der Waals surface area (Å²) in [5.41, 5.74) is 1.99. The van der Waals surface area contributed by atoms with E-state index in [9.17, 15) is 18.3 Å². The Balaban J connectivity index is 2.28. The maximum Gasteiger partial charge on any atom is 0.416 e. The molecule has 0 spiro atoms. The number of aryl methyl sites for hydroxylation is 1. The zero-order valence-electron chi connectivity index (χ0n) is 9.40. The van der Waals surface area contributed by atoms with E-state index in [1.807, 2.05) is 0 Å². The van der Waals surface area contributed by atoms with Crippen LogP contribution >= 0.6 is 11.3 Å². The van der Waals surface area contributed by atoms with Gasteiger partial charge in [0.2, 0.25) is 0 Å². The van der Waals surface area contributed by atoms with Crippen molar-refractivity contribution in [2.45, 2.75) is 19.2 Å². The summed E-state index contributed by atoms with van der Waals surface area (Å²) < 4.78 is 37.2. The number of halogens is 3. The summed E-state index contributed by atoms with van der Waals surface area (Å²) in [5, 5.41) is 10.0. The molecule has 0 amide bonds. The first kappa shape index (κ1) is 13.0. The largest absolute Gasteiger partial charge is 0.416 e. The van der Waals surface area contributed by atoms with Crippen LogP contribution in [0.4, 0.5) is 13.2 Å². The van der Waals surface area contributed by atoms with Gasteiger partial charge in [-0.1, -0.05) is 12.1 Å². The number of aliphatic hydroxyl groups excluding tert-OH is 1. The van der Waals surface area contributed by atoms with Crippen LogP contribution in [0.5, 0.6) is 0 Å². The number of nitrogens with zero attached hydrogens (tertiary/aromatic N) is 1. The van der Waals surface area contributed by atoms with Crippen LogP contribution in [-0.2, 0) is 6.18 Å². The molecule has 0 radical (unpaired) electrons. The first-order valence-corrected chi connectivity index (χ1v) is 6.03. The number of benzene rings is 1. The molecule has 2 aromatic rings. The van der Waals surface area contributed by atoms with E-state index in [4.69, 9.17) is 0 Å². The van der Waals surface area contributed by atoms with Crippen LogP contribution in [0.2, 0.25) is 0 Å². The molecule has 2 nitrogen and oxygen atoms in total. The number of aliphatic hydroxyl groups is 1. The summed E-state index contributed by atoms with van der Waals surface area (Å²) in [7, 11) is 0. The lowest BCUT2D eigenvalue weighted by Gasteiger charge is -2.11. The van der Waals surface area contributed by atoms with Crippen LogP contribution < -0.4 is 0 Å². The second-order valence-corrected chi connectivity index (χ2v) is 4.71. The zero-order chi connectivity index (χ0) is 13.3. The highest BCUT2D eigenvalue weighted by Crippen LogP contribution is 2.32. The molecular weight excluding hydrogens is 263 g/mol. The van der Waals surface area contributed by atoms with Crippen molar-refractivity contribution in [3.63, 3.8) is 0 Å². The molecule has 0 aliphatic carbocycles. The highest BCUT2D eigenvalue weighted by atomic mass is 32.1. The molecule has 0 bridgehead atoms. The van der Waals surface area contributed by atoms with Gasteiger partial charge < -0.3 is 5.11 Å². The Morgan fingerprint density at radius 3 is 2.28 bits per heavy atom. The standard InChI is InChI=1S/C12H10F3NOS/c1-7-11(18-6-16-7)10(17)8-2-4-9(5-3-8)12(13,14)15/h2-6,10,17H,1H3. The molecule has 1 N–H and O–H groups in total. The van der Waals surface area contributed by atoms with Crippen molar-refractivity contribution in [2.75, 3.05) is 0 Å². The van der Waals surface area contributed by atoms with Crippen molar-refractivity contribution in [3.05, 3.63) is 51.5 Å². The first-order chi connectivity index (χ1) is 8.39. The van der Waals surface area contributed by atoms with Crippen molar-refractivity contribution in [1.82, 2.24) is 4.98 Å². The Labute approximate surface area is 106 Å². The van der Waals surface area contributed by atoms with Gasteiger partial charge in [0, 0.05) is 0 Å². The topological polar surface area (TPSA) is 33.1 Å². The number of hydrogen-bond acceptors (Lipinski definition) is 3. The minimum atomic E-state index is -4.36. The van der Waals surface area contributed by atoms with Crippen LogP contribution in [0.3, 0.4) is 0 Å². The fraction of sp³-hybridized carbons (Fsp3) is 0.250. The van der Waals surface area contributed by atoms with E-state index in [1.54, 1.807) is 12.4 Å². The summed E-state index contributed by atoms with van der Waals surface area (Å²) >= 11 is 1.28. The molecule has 0 aliphatic heterocycles. The number of hydrogen-bond donors (Lipinski definition) is 1. The Kier molecular flexibility index (Phi) is 3.41. The lowest BCUT2D eigenvalue weighted by molar-refractivity contribution is -0.137. The molecule has 1 aromatic carbocycles. The third kappa shape index (κ3) is 2.54. The van der Waals surface area contributed by atoms with Crippen molar-refractivity contribution in [1.29, 1.82) is 0 Å². The summed E-state index contributed by atoms with van der Waals surface area (Å²) in [6.45, 7) is 1.75. The Morgan fingerprint density at radius 2 is 1.83 bits per heavy atom. The van der Waals surface area contributed by atoms with Crippen LogP contribution in [0.25, 0.3) is 0 Å². The average Bonchev–Trinajstić information content (AvgIpc) is 2.73. The van der Waals surface area contributed by atoms with Gasteiger partial charge in [0.1, 0.15) is 6.10 Å². The fourth-order valence-corrected chi connectivity index (χ4v) is 2.39. The second-order valence-electron chi connectivity index (χ2n) is 3.82. The molecule has 6 heteroatoms. The molecule has 1 aromatic heterocycles. The van der Waals surface area contributed by atoms with Gasteiger partial charge in [-0.05, 0) is 24.6 Å². The quantitative estimate of drug-likeness (QED) is 0.907. The minimum absolute atomic E-state index is 0.426. The zero-order valence-corrected chi connectivity index (χ0v) is 10.2. The highest BCUT2D eigenvalue weighted by molar-refractivity contribution is 7.09. The van der Waals surface area contributed by atoms with Gasteiger partial charge in [-0.15, -0.1) is 11.3 Å². The lowest BCUT2D eigenvalue weighted by Crippen LogP contribution is -2.06. The molecule has 1 unspecified atom stereocenters. The Morgan fingerprint density at radius 1 is 1.22 bits per heavy atom. The summed E-state index contributed by atoms with van der Waals surface area (Å²) in [6.07, 6.45) is -5.29. The van der Waals surface area contributed by atoms with Gasteiger partial charge in [-0.25, -0.2) is 4.98 Å². The third-order valence-corrected chi connectivity index (χ3v) is 3.57. The fourth-order valence-electron chi connectivity index (χ4n) is 1.58. The maximum absolute atomic E-state index is 12.4. The highest BCUT2D eigenvalue weighted by Gasteiger charge is 2.30. The van der Waals surface area contributed by atoms with Crippen LogP contribution in [0.15, 0.2) is 29.8 Å². The molecule has 1 atom stereocenters. The van der Waals surface area contributed by atoms with Crippen molar-refractivity contribution in [3.8, 4) is 0 Å². The number of aromatic nitrogens is 1. The van der Waals surface area contributed by atoms with Gasteiger partial charge in [0.05, 0.1) is 21.6 Å². The van der Waals surface area contributed by atoms with E-state index < -0.39 is 17.8 Å². The third-order valence-electron chi connectivity index (χ3n) is 2.58. The number of alkyl halides is 3. The molecule has 96 valence electrons. The van der Waals surface area contributed by atoms with E-state index in [0.717, 1.165) is 12.1 Å². The molecule has 0 saturated carbocycles. The molecule has 0 aliphatic rings. The number of thiazole rings is 1. The van der Waals surface area contributed by atoms with E-state index in [0.29, 0.717) is 16.1 Å². The van der Waals surface area contributed by atoms with Crippen molar-refractivity contribution < 1.29 is 18.3 Å². The van der Waals surface area contributed by atoms with Gasteiger partial charge in [-0.2, -0.15) is 13.2 Å². The van der Waals surface area contributed by atoms with Gasteiger partial charge in [0.25, 0.3) is 0 Å². The predicted octanol–water partition coefficient (Wildman–Crippen LogP) is 3.55. The molecule has 2 rings (SSSR count). The van der Waals surface area contributed by atoms with Crippen molar-refractivity contribution in [2.24, 2.45) is 0 Å². The minimum Gasteiger partial charge on any atom is -0.383 e. The number of rotatable bonds is 2. The van der Waals surface area contributed by atoms with Crippen LogP contribution in [-0.4, -0.2) is 10.1 Å². The Hall–Kier alpha value is -1.40. The SMILES string of the molecule is Cc1ncsc1C(O)c1ccc(C(F)(F)F)cc1. The summed E-state index contributed by atoms with van der Waals surface area (Å²) in [4.78, 5) is 4.65. The average molecular weight is 273 g/mol. The molecule has 0 fully saturated rings. The van der Waals surface area contributed by atoms with Gasteiger partial charge in [0.15, 0.2) is 0 Å². The second kappa shape index (κ2) is 4.70. The van der Waals surface area contributed by atoms with E-state index >= 15 is 0 Å². The first-order valence-electron chi connectivity index (χ1n) is 5.15. The van der Waals surface area contributed by atoms with Gasteiger partial charge in [-0.3, -0.25) is 0 Å². The summed E-state index contributed by atoms with van der Waals surface area (Å²) in [5.74, 6) is 0. The summed E-state index contributed by atoms with van der Waals surface area (Å²) in [6, 6.07) is 4.50. The maximum atomic E-state index is 12.4. The van der Waals surface area contributed by atoms with E-state index in [1.165, 1.54) is 23.5 Å². The van der Waals surface area contributed by atoms with Crippen LogP contribution in [0, 0.1) is 6.92 Å². The normalized spacial score (nSPS) is 13.6. The van der Waals surface area contributed by atoms with Crippen LogP contribution in [0.1, 0.15) is 27.8 Å². The smallest absolute Gasteiger partial charge is 0.383 e. The molecule has 1 heterocycles. The Bertz CT molecular complexity index is 533. The van der Waals surface area contributed by atoms with Gasteiger partial charge >= 0.3 is 6.18 Å². The lowest BCUT2D eigenvalue weighted by atomic mass is 10.0. The monoisotopic (exact) mass is 273 g/mol. The molecule has 0 saturated heterocycles. The molecular formula is C12H10F3NOS. The van der Waals surface area contributed by atoms with E-state index in [-0.39, 0.29) is 0 Å². The van der Waals surface area contributed by atoms with E-state index in [2.05, 4.69) is 4.98 Å². The van der Waals surface area contributed by atoms with Crippen molar-refractivity contribution >= 4 is 11.3 Å². The predicted molar refractivity (Wildman–Crippen MR) is 62.4 cm³/mol. The molecule has 18 heavy (non-hydrogen) atoms.